The molecule has 0 aromatic heterocycles. The van der Waals surface area contributed by atoms with Crippen LogP contribution in [-0.4, -0.2) is 6.29 Å². The molecule has 17 heavy (non-hydrogen) atoms. The number of carbonyl (C=O) groups is 1. The summed E-state index contributed by atoms with van der Waals surface area (Å²) in [6.45, 7) is 0. The van der Waals surface area contributed by atoms with Gasteiger partial charge in [-0.25, -0.2) is 0 Å². The van der Waals surface area contributed by atoms with Crippen LogP contribution in [-0.2, 0) is 12.4 Å². The highest BCUT2D eigenvalue weighted by atomic mass is 79.9. The third kappa shape index (κ3) is 2.99. The molecular weight excluding hydrogens is 318 g/mol. The van der Waals surface area contributed by atoms with Gasteiger partial charge in [-0.3, -0.25) is 4.79 Å². The molecular formula is C9H3BrF6O. The predicted octanol–water partition coefficient (Wildman–Crippen LogP) is 4.30. The molecule has 0 aliphatic carbocycles. The van der Waals surface area contributed by atoms with Crippen molar-refractivity contribution in [3.8, 4) is 0 Å². The average molecular weight is 321 g/mol. The van der Waals surface area contributed by atoms with Gasteiger partial charge in [0.2, 0.25) is 0 Å². The fourth-order valence-corrected chi connectivity index (χ4v) is 1.59. The highest BCUT2D eigenvalue weighted by Crippen LogP contribution is 2.42. The van der Waals surface area contributed by atoms with Crippen molar-refractivity contribution < 1.29 is 31.1 Å². The first-order chi connectivity index (χ1) is 7.57. The maximum Gasteiger partial charge on any atom is 0.417 e. The molecule has 1 aromatic rings. The topological polar surface area (TPSA) is 17.1 Å². The van der Waals surface area contributed by atoms with Crippen molar-refractivity contribution in [3.63, 3.8) is 0 Å². The van der Waals surface area contributed by atoms with E-state index >= 15 is 0 Å². The number of hydrogen-bond donors (Lipinski definition) is 0. The van der Waals surface area contributed by atoms with Crippen LogP contribution in [0.5, 0.6) is 0 Å². The van der Waals surface area contributed by atoms with E-state index in [1.54, 1.807) is 0 Å². The summed E-state index contributed by atoms with van der Waals surface area (Å²) in [6, 6.07) is 0.409. The quantitative estimate of drug-likeness (QED) is 0.557. The van der Waals surface area contributed by atoms with Crippen LogP contribution >= 0.6 is 15.9 Å². The molecule has 0 radical (unpaired) electrons. The van der Waals surface area contributed by atoms with Gasteiger partial charge in [0.1, 0.15) is 0 Å². The van der Waals surface area contributed by atoms with E-state index in [9.17, 15) is 31.1 Å². The minimum atomic E-state index is -5.18. The summed E-state index contributed by atoms with van der Waals surface area (Å²) < 4.78 is 74.0. The van der Waals surface area contributed by atoms with Crippen molar-refractivity contribution in [2.75, 3.05) is 0 Å². The van der Waals surface area contributed by atoms with Crippen LogP contribution in [0.4, 0.5) is 26.3 Å². The van der Waals surface area contributed by atoms with Crippen LogP contribution in [0.25, 0.3) is 0 Å². The first kappa shape index (κ1) is 14.0. The Morgan fingerprint density at radius 2 is 1.35 bits per heavy atom. The Morgan fingerprint density at radius 3 is 1.71 bits per heavy atom. The van der Waals surface area contributed by atoms with Gasteiger partial charge in [-0.2, -0.15) is 26.3 Å². The Kier molecular flexibility index (Phi) is 3.56. The highest BCUT2D eigenvalue weighted by Gasteiger charge is 2.43. The van der Waals surface area contributed by atoms with E-state index in [0.717, 1.165) is 0 Å². The van der Waals surface area contributed by atoms with E-state index in [4.69, 9.17) is 0 Å². The number of halogens is 7. The van der Waals surface area contributed by atoms with Gasteiger partial charge in [0, 0.05) is 10.0 Å². The van der Waals surface area contributed by atoms with Crippen LogP contribution in [0.2, 0.25) is 0 Å². The molecule has 94 valence electrons. The summed E-state index contributed by atoms with van der Waals surface area (Å²) >= 11 is 2.60. The van der Waals surface area contributed by atoms with Gasteiger partial charge in [0.05, 0.1) is 11.1 Å². The Labute approximate surface area is 99.5 Å². The molecule has 0 atom stereocenters. The smallest absolute Gasteiger partial charge is 0.298 e. The van der Waals surface area contributed by atoms with E-state index in [-0.39, 0.29) is 22.9 Å². The van der Waals surface area contributed by atoms with Crippen molar-refractivity contribution >= 4 is 22.2 Å². The summed E-state index contributed by atoms with van der Waals surface area (Å²) in [5, 5.41) is 0. The molecule has 0 amide bonds. The molecule has 8 heteroatoms. The van der Waals surface area contributed by atoms with Gasteiger partial charge in [-0.15, -0.1) is 0 Å². The SMILES string of the molecule is O=Cc1cc(C(F)(F)F)c(C(F)(F)F)cc1Br. The molecule has 0 heterocycles. The van der Waals surface area contributed by atoms with Crippen molar-refractivity contribution in [2.24, 2.45) is 0 Å². The minimum Gasteiger partial charge on any atom is -0.298 e. The molecule has 0 saturated heterocycles. The zero-order valence-corrected chi connectivity index (χ0v) is 9.37. The number of benzene rings is 1. The molecule has 0 aliphatic heterocycles. The maximum atomic E-state index is 12.4. The van der Waals surface area contributed by atoms with Crippen LogP contribution in [0, 0.1) is 0 Å². The maximum absolute atomic E-state index is 12.4. The zero-order valence-electron chi connectivity index (χ0n) is 7.79. The van der Waals surface area contributed by atoms with Crippen LogP contribution in [0.15, 0.2) is 16.6 Å². The first-order valence-electron chi connectivity index (χ1n) is 4.00. The summed E-state index contributed by atoms with van der Waals surface area (Å²) in [5.74, 6) is 0. The lowest BCUT2D eigenvalue weighted by Gasteiger charge is -2.16. The Bertz CT molecular complexity index is 448. The normalized spacial score (nSPS) is 12.6. The number of carbonyl (C=O) groups excluding carboxylic acids is 1. The monoisotopic (exact) mass is 320 g/mol. The summed E-state index contributed by atoms with van der Waals surface area (Å²) in [6.07, 6.45) is -10.3. The van der Waals surface area contributed by atoms with E-state index in [1.807, 2.05) is 0 Å². The van der Waals surface area contributed by atoms with Crippen LogP contribution in [0.1, 0.15) is 21.5 Å². The van der Waals surface area contributed by atoms with E-state index in [0.29, 0.717) is 0 Å². The Morgan fingerprint density at radius 1 is 0.941 bits per heavy atom. The molecule has 0 N–H and O–H groups in total. The fraction of sp³-hybridized carbons (Fsp3) is 0.222. The Balaban J connectivity index is 3.59. The molecule has 0 unspecified atom stereocenters. The molecule has 0 bridgehead atoms. The highest BCUT2D eigenvalue weighted by molar-refractivity contribution is 9.10. The largest absolute Gasteiger partial charge is 0.417 e. The molecule has 1 nitrogen and oxygen atoms in total. The molecule has 1 aromatic carbocycles. The van der Waals surface area contributed by atoms with Gasteiger partial charge in [-0.05, 0) is 12.1 Å². The number of rotatable bonds is 1. The lowest BCUT2D eigenvalue weighted by atomic mass is 10.0. The molecule has 0 saturated carbocycles. The molecule has 1 rings (SSSR count). The predicted molar refractivity (Wildman–Crippen MR) is 49.5 cm³/mol. The lowest BCUT2D eigenvalue weighted by molar-refractivity contribution is -0.162. The van der Waals surface area contributed by atoms with Crippen molar-refractivity contribution in [1.82, 2.24) is 0 Å². The van der Waals surface area contributed by atoms with E-state index in [1.165, 1.54) is 0 Å². The number of aldehydes is 1. The van der Waals surface area contributed by atoms with E-state index in [2.05, 4.69) is 15.9 Å². The lowest BCUT2D eigenvalue weighted by Crippen LogP contribution is -2.17. The van der Waals surface area contributed by atoms with Gasteiger partial charge in [-0.1, -0.05) is 15.9 Å². The second kappa shape index (κ2) is 4.32. The minimum absolute atomic E-state index is 0.0411. The second-order valence-electron chi connectivity index (χ2n) is 3.03. The molecule has 0 aliphatic rings. The summed E-state index contributed by atoms with van der Waals surface area (Å²) in [4.78, 5) is 10.4. The second-order valence-corrected chi connectivity index (χ2v) is 3.89. The van der Waals surface area contributed by atoms with Gasteiger partial charge >= 0.3 is 12.4 Å². The third-order valence-corrected chi connectivity index (χ3v) is 2.56. The van der Waals surface area contributed by atoms with Gasteiger partial charge < -0.3 is 0 Å². The standard InChI is InChI=1S/C9H3BrF6O/c10-7-2-6(9(14,15)16)5(8(11,12)13)1-4(7)3-17/h1-3H. The first-order valence-corrected chi connectivity index (χ1v) is 4.79. The van der Waals surface area contributed by atoms with Crippen molar-refractivity contribution in [1.29, 1.82) is 0 Å². The molecule has 0 spiro atoms. The van der Waals surface area contributed by atoms with Crippen molar-refractivity contribution in [3.05, 3.63) is 33.3 Å². The van der Waals surface area contributed by atoms with Crippen LogP contribution in [0.3, 0.4) is 0 Å². The van der Waals surface area contributed by atoms with Crippen molar-refractivity contribution in [2.45, 2.75) is 12.4 Å². The average Bonchev–Trinajstić information content (AvgIpc) is 2.14. The Hall–Kier alpha value is -1.05. The fourth-order valence-electron chi connectivity index (χ4n) is 1.15. The molecule has 0 fully saturated rings. The third-order valence-electron chi connectivity index (χ3n) is 1.87. The van der Waals surface area contributed by atoms with E-state index < -0.39 is 29.0 Å². The zero-order chi connectivity index (χ0) is 13.4. The summed E-state index contributed by atoms with van der Waals surface area (Å²) in [7, 11) is 0. The van der Waals surface area contributed by atoms with Crippen LogP contribution < -0.4 is 0 Å². The number of hydrogen-bond acceptors (Lipinski definition) is 1. The summed E-state index contributed by atoms with van der Waals surface area (Å²) in [5.41, 5.74) is -4.21. The number of alkyl halides is 6. The van der Waals surface area contributed by atoms with Gasteiger partial charge in [0.15, 0.2) is 6.29 Å². The van der Waals surface area contributed by atoms with Gasteiger partial charge in [0.25, 0.3) is 0 Å².